The Morgan fingerprint density at radius 2 is 2.04 bits per heavy atom. The van der Waals surface area contributed by atoms with Gasteiger partial charge in [-0.2, -0.15) is 0 Å². The van der Waals surface area contributed by atoms with Crippen LogP contribution in [0, 0.1) is 5.92 Å². The molecule has 2 atom stereocenters. The van der Waals surface area contributed by atoms with Gasteiger partial charge in [-0.05, 0) is 18.4 Å². The molecule has 2 aromatic rings. The second kappa shape index (κ2) is 8.45. The average molecular weight is 359 g/mol. The van der Waals surface area contributed by atoms with Crippen LogP contribution in [0.2, 0.25) is 0 Å². The molecule has 134 valence electrons. The normalized spacial score (nSPS) is 16.6. The summed E-state index contributed by atoms with van der Waals surface area (Å²) in [7, 11) is 0. The fourth-order valence-electron chi connectivity index (χ4n) is 3.07. The van der Waals surface area contributed by atoms with E-state index in [0.29, 0.717) is 6.54 Å². The van der Waals surface area contributed by atoms with Crippen LogP contribution < -0.4 is 16.0 Å². The zero-order valence-corrected chi connectivity index (χ0v) is 15.5. The zero-order chi connectivity index (χ0) is 17.6. The second-order valence-electron chi connectivity index (χ2n) is 6.58. The summed E-state index contributed by atoms with van der Waals surface area (Å²) in [5.41, 5.74) is 8.25. The van der Waals surface area contributed by atoms with Gasteiger partial charge in [-0.1, -0.05) is 37.3 Å². The molecule has 3 rings (SSSR count). The highest BCUT2D eigenvalue weighted by Crippen LogP contribution is 2.24. The van der Waals surface area contributed by atoms with Crippen molar-refractivity contribution < 1.29 is 4.79 Å². The fourth-order valence-corrected chi connectivity index (χ4v) is 3.98. The van der Waals surface area contributed by atoms with Crippen molar-refractivity contribution in [1.82, 2.24) is 10.3 Å². The molecular formula is C19H26N4OS. The van der Waals surface area contributed by atoms with E-state index in [1.54, 1.807) is 11.3 Å². The van der Waals surface area contributed by atoms with Crippen molar-refractivity contribution in [3.63, 3.8) is 0 Å². The van der Waals surface area contributed by atoms with E-state index in [-0.39, 0.29) is 17.9 Å². The van der Waals surface area contributed by atoms with Gasteiger partial charge in [-0.3, -0.25) is 4.79 Å². The maximum absolute atomic E-state index is 12.3. The zero-order valence-electron chi connectivity index (χ0n) is 14.6. The Balaban J connectivity index is 1.46. The van der Waals surface area contributed by atoms with Gasteiger partial charge in [0.1, 0.15) is 0 Å². The van der Waals surface area contributed by atoms with Crippen LogP contribution in [0.15, 0.2) is 35.7 Å². The molecule has 3 N–H and O–H groups in total. The molecular weight excluding hydrogens is 332 g/mol. The Labute approximate surface area is 153 Å². The van der Waals surface area contributed by atoms with Gasteiger partial charge >= 0.3 is 0 Å². The fraction of sp³-hybridized carbons (Fsp3) is 0.474. The van der Waals surface area contributed by atoms with E-state index in [1.807, 2.05) is 37.3 Å². The largest absolute Gasteiger partial charge is 0.355 e. The number of benzene rings is 1. The lowest BCUT2D eigenvalue weighted by Crippen LogP contribution is -2.36. The minimum Gasteiger partial charge on any atom is -0.355 e. The van der Waals surface area contributed by atoms with Crippen LogP contribution in [-0.4, -0.2) is 30.5 Å². The number of nitrogens with two attached hydrogens (primary N) is 1. The van der Waals surface area contributed by atoms with E-state index in [2.05, 4.69) is 20.6 Å². The highest BCUT2D eigenvalue weighted by Gasteiger charge is 2.22. The van der Waals surface area contributed by atoms with Crippen molar-refractivity contribution in [2.75, 3.05) is 24.5 Å². The van der Waals surface area contributed by atoms with Crippen LogP contribution in [0.4, 0.5) is 5.13 Å². The molecule has 5 nitrogen and oxygen atoms in total. The summed E-state index contributed by atoms with van der Waals surface area (Å²) in [6.07, 6.45) is 3.26. The van der Waals surface area contributed by atoms with Gasteiger partial charge in [-0.15, -0.1) is 11.3 Å². The summed E-state index contributed by atoms with van der Waals surface area (Å²) < 4.78 is 0. The molecule has 0 saturated carbocycles. The first-order chi connectivity index (χ1) is 12.1. The number of nitrogens with zero attached hydrogens (tertiary/aromatic N) is 2. The number of aromatic nitrogens is 1. The molecule has 1 fully saturated rings. The van der Waals surface area contributed by atoms with Crippen molar-refractivity contribution in [3.8, 4) is 0 Å². The summed E-state index contributed by atoms with van der Waals surface area (Å²) >= 11 is 1.70. The first-order valence-electron chi connectivity index (χ1n) is 8.93. The maximum Gasteiger partial charge on any atom is 0.224 e. The van der Waals surface area contributed by atoms with Gasteiger partial charge in [0.15, 0.2) is 5.13 Å². The third-order valence-corrected chi connectivity index (χ3v) is 5.68. The Morgan fingerprint density at radius 1 is 1.32 bits per heavy atom. The summed E-state index contributed by atoms with van der Waals surface area (Å²) in [5, 5.41) is 6.20. The highest BCUT2D eigenvalue weighted by molar-refractivity contribution is 7.13. The number of amides is 1. The van der Waals surface area contributed by atoms with Crippen molar-refractivity contribution >= 4 is 22.4 Å². The van der Waals surface area contributed by atoms with E-state index < -0.39 is 0 Å². The van der Waals surface area contributed by atoms with Crippen LogP contribution in [0.1, 0.15) is 37.1 Å². The molecule has 0 bridgehead atoms. The Hall–Kier alpha value is -1.92. The molecule has 1 aromatic carbocycles. The van der Waals surface area contributed by atoms with Crippen molar-refractivity contribution in [3.05, 3.63) is 47.0 Å². The Bertz CT molecular complexity index is 682. The number of nitrogens with one attached hydrogen (secondary N) is 1. The summed E-state index contributed by atoms with van der Waals surface area (Å²) in [6.45, 7) is 4.69. The number of carbonyl (C=O) groups excluding carboxylic acids is 1. The molecule has 0 spiro atoms. The van der Waals surface area contributed by atoms with E-state index in [0.717, 1.165) is 35.9 Å². The van der Waals surface area contributed by atoms with E-state index in [9.17, 15) is 4.79 Å². The summed E-state index contributed by atoms with van der Waals surface area (Å²) in [6, 6.07) is 9.47. The second-order valence-corrected chi connectivity index (χ2v) is 7.42. The van der Waals surface area contributed by atoms with Gasteiger partial charge in [0, 0.05) is 37.5 Å². The van der Waals surface area contributed by atoms with Crippen LogP contribution in [0.25, 0.3) is 0 Å². The molecule has 2 heterocycles. The molecule has 2 unspecified atom stereocenters. The lowest BCUT2D eigenvalue weighted by atomic mass is 9.94. The number of rotatable bonds is 7. The minimum absolute atomic E-state index is 0.00801. The molecule has 1 amide bonds. The van der Waals surface area contributed by atoms with Crippen LogP contribution in [-0.2, 0) is 11.2 Å². The van der Waals surface area contributed by atoms with E-state index >= 15 is 0 Å². The summed E-state index contributed by atoms with van der Waals surface area (Å²) in [5.74, 6) is -0.274. The molecule has 0 radical (unpaired) electrons. The molecule has 1 aromatic heterocycles. The van der Waals surface area contributed by atoms with Crippen LogP contribution in [0.5, 0.6) is 0 Å². The van der Waals surface area contributed by atoms with Crippen molar-refractivity contribution in [2.24, 2.45) is 11.7 Å². The first-order valence-corrected chi connectivity index (χ1v) is 9.80. The first kappa shape index (κ1) is 17.9. The third-order valence-electron chi connectivity index (χ3n) is 4.73. The van der Waals surface area contributed by atoms with Gasteiger partial charge < -0.3 is 16.0 Å². The van der Waals surface area contributed by atoms with Crippen molar-refractivity contribution in [2.45, 2.75) is 32.2 Å². The van der Waals surface area contributed by atoms with Crippen LogP contribution in [0.3, 0.4) is 0 Å². The van der Waals surface area contributed by atoms with Crippen molar-refractivity contribution in [1.29, 1.82) is 0 Å². The molecule has 0 aliphatic carbocycles. The number of hydrogen-bond acceptors (Lipinski definition) is 5. The standard InChI is InChI=1S/C19H26N4OS/c1-14(17(20)15-7-3-2-4-8-15)18(24)21-10-9-16-13-25-19(22-16)23-11-5-6-12-23/h2-4,7-8,13-14,17H,5-6,9-12,20H2,1H3,(H,21,24). The monoisotopic (exact) mass is 358 g/mol. The third kappa shape index (κ3) is 4.58. The van der Waals surface area contributed by atoms with Gasteiger partial charge in [0.2, 0.25) is 5.91 Å². The smallest absolute Gasteiger partial charge is 0.224 e. The predicted molar refractivity (Wildman–Crippen MR) is 103 cm³/mol. The molecule has 6 heteroatoms. The van der Waals surface area contributed by atoms with Gasteiger partial charge in [0.05, 0.1) is 11.6 Å². The number of carbonyl (C=O) groups is 1. The van der Waals surface area contributed by atoms with Gasteiger partial charge in [-0.25, -0.2) is 4.98 Å². The van der Waals surface area contributed by atoms with Crippen LogP contribution >= 0.6 is 11.3 Å². The van der Waals surface area contributed by atoms with Gasteiger partial charge in [0.25, 0.3) is 0 Å². The molecule has 25 heavy (non-hydrogen) atoms. The predicted octanol–water partition coefficient (Wildman–Crippen LogP) is 2.74. The maximum atomic E-state index is 12.3. The number of hydrogen-bond donors (Lipinski definition) is 2. The Morgan fingerprint density at radius 3 is 2.76 bits per heavy atom. The molecule has 1 saturated heterocycles. The molecule has 1 aliphatic rings. The average Bonchev–Trinajstić information content (AvgIpc) is 3.32. The number of thiazole rings is 1. The van der Waals surface area contributed by atoms with E-state index in [1.165, 1.54) is 12.8 Å². The lowest BCUT2D eigenvalue weighted by Gasteiger charge is -2.19. The quantitative estimate of drug-likeness (QED) is 0.798. The highest BCUT2D eigenvalue weighted by atomic mass is 32.1. The Kier molecular flexibility index (Phi) is 6.04. The minimum atomic E-state index is -0.290. The summed E-state index contributed by atoms with van der Waals surface area (Å²) in [4.78, 5) is 19.4. The molecule has 1 aliphatic heterocycles. The van der Waals surface area contributed by atoms with E-state index in [4.69, 9.17) is 5.73 Å². The lowest BCUT2D eigenvalue weighted by molar-refractivity contribution is -0.125. The topological polar surface area (TPSA) is 71.2 Å². The number of anilines is 1. The SMILES string of the molecule is CC(C(=O)NCCc1csc(N2CCCC2)n1)C(N)c1ccccc1.